The van der Waals surface area contributed by atoms with Crippen molar-refractivity contribution in [3.63, 3.8) is 0 Å². The van der Waals surface area contributed by atoms with Crippen LogP contribution in [0, 0.1) is 46.3 Å². The average molecular weight is 518 g/mol. The lowest BCUT2D eigenvalue weighted by atomic mass is 9.45. The molecule has 4 rings (SSSR count). The van der Waals surface area contributed by atoms with Gasteiger partial charge in [0.15, 0.2) is 0 Å². The van der Waals surface area contributed by atoms with E-state index < -0.39 is 0 Å². The minimum atomic E-state index is 0. The van der Waals surface area contributed by atoms with Crippen LogP contribution in [0.4, 0.5) is 0 Å². The lowest BCUT2D eigenvalue weighted by molar-refractivity contribution is -0.106. The Kier molecular flexibility index (Phi) is 13.7. The zero-order valence-electron chi connectivity index (χ0n) is 26.1. The van der Waals surface area contributed by atoms with E-state index in [4.69, 9.17) is 10.7 Å². The normalized spacial score (nSPS) is 37.4. The second-order valence-corrected chi connectivity index (χ2v) is 13.5. The fraction of sp³-hybridized carbons (Fsp3) is 0.912. The SMILES string of the molecule is C=CNC.CCCCC(C)CCN=C(C)C1CCC2C3CCC4CCCCC4(C)C3CCC12C.CCN.[HH]. The summed E-state index contributed by atoms with van der Waals surface area (Å²) in [6.07, 6.45) is 22.1. The monoisotopic (exact) mass is 518 g/mol. The van der Waals surface area contributed by atoms with Gasteiger partial charge in [-0.15, -0.1) is 0 Å². The van der Waals surface area contributed by atoms with Gasteiger partial charge >= 0.3 is 0 Å². The Hall–Kier alpha value is -0.830. The van der Waals surface area contributed by atoms with Gasteiger partial charge < -0.3 is 11.1 Å². The van der Waals surface area contributed by atoms with Crippen LogP contribution in [0.3, 0.4) is 0 Å². The summed E-state index contributed by atoms with van der Waals surface area (Å²) in [4.78, 5) is 5.19. The summed E-state index contributed by atoms with van der Waals surface area (Å²) in [5.74, 6) is 5.70. The second-order valence-electron chi connectivity index (χ2n) is 13.5. The summed E-state index contributed by atoms with van der Waals surface area (Å²) in [6.45, 7) is 19.6. The number of unbranched alkanes of at least 4 members (excludes halogenated alkanes) is 1. The summed E-state index contributed by atoms with van der Waals surface area (Å²) >= 11 is 0. The van der Waals surface area contributed by atoms with Crippen molar-refractivity contribution in [2.75, 3.05) is 20.1 Å². The van der Waals surface area contributed by atoms with E-state index in [0.29, 0.717) is 10.8 Å². The Bertz CT molecular complexity index is 693. The highest BCUT2D eigenvalue weighted by Gasteiger charge is 2.59. The number of fused-ring (bicyclic) bond motifs is 5. The van der Waals surface area contributed by atoms with Crippen LogP contribution >= 0.6 is 0 Å². The van der Waals surface area contributed by atoms with Crippen molar-refractivity contribution in [3.8, 4) is 0 Å². The van der Waals surface area contributed by atoms with Crippen LogP contribution in [-0.4, -0.2) is 25.8 Å². The van der Waals surface area contributed by atoms with Crippen LogP contribution in [0.5, 0.6) is 0 Å². The molecule has 4 fully saturated rings. The summed E-state index contributed by atoms with van der Waals surface area (Å²) < 4.78 is 0. The molecule has 4 aliphatic rings. The van der Waals surface area contributed by atoms with Crippen LogP contribution in [0.2, 0.25) is 0 Å². The Morgan fingerprint density at radius 1 is 1.03 bits per heavy atom. The number of aliphatic imine (C=N–C) groups is 1. The third-order valence-corrected chi connectivity index (χ3v) is 11.3. The van der Waals surface area contributed by atoms with Gasteiger partial charge in [-0.1, -0.05) is 73.3 Å². The zero-order valence-corrected chi connectivity index (χ0v) is 26.1. The zero-order chi connectivity index (χ0) is 27.5. The third kappa shape index (κ3) is 7.86. The highest BCUT2D eigenvalue weighted by Crippen LogP contribution is 2.67. The van der Waals surface area contributed by atoms with Crippen molar-refractivity contribution in [1.82, 2.24) is 5.32 Å². The molecule has 4 saturated carbocycles. The van der Waals surface area contributed by atoms with Crippen LogP contribution in [0.25, 0.3) is 0 Å². The van der Waals surface area contributed by atoms with E-state index in [1.807, 2.05) is 14.0 Å². The maximum absolute atomic E-state index is 5.19. The summed E-state index contributed by atoms with van der Waals surface area (Å²) in [7, 11) is 1.81. The van der Waals surface area contributed by atoms with Gasteiger partial charge in [-0.25, -0.2) is 0 Å². The largest absolute Gasteiger partial charge is 0.394 e. The fourth-order valence-electron chi connectivity index (χ4n) is 9.25. The molecule has 37 heavy (non-hydrogen) atoms. The van der Waals surface area contributed by atoms with E-state index >= 15 is 0 Å². The quantitative estimate of drug-likeness (QED) is 0.315. The van der Waals surface area contributed by atoms with Crippen molar-refractivity contribution in [3.05, 3.63) is 12.8 Å². The number of nitrogens with one attached hydrogen (secondary N) is 1. The molecule has 0 amide bonds. The van der Waals surface area contributed by atoms with Gasteiger partial charge in [0.25, 0.3) is 0 Å². The molecule has 0 radical (unpaired) electrons. The van der Waals surface area contributed by atoms with Crippen LogP contribution < -0.4 is 11.1 Å². The standard InChI is InChI=1S/C29H51N.C3H7N.C2H7N.H2/c1-6-7-10-21(2)17-20-30-22(3)25-14-15-26-24-13-12-23-11-8-9-18-28(23,4)27(24)16-19-29(25,26)5;1-3-4-2;1-2-3;/h21,23-27H,6-20H2,1-5H3;3-4H,1H2,2H3;2-3H2,1H3;1H. The third-order valence-electron chi connectivity index (χ3n) is 11.3. The molecular formula is C34H67N3. The van der Waals surface area contributed by atoms with Gasteiger partial charge in [0.2, 0.25) is 0 Å². The molecule has 3 heteroatoms. The minimum absolute atomic E-state index is 0. The predicted octanol–water partition coefficient (Wildman–Crippen LogP) is 9.27. The van der Waals surface area contributed by atoms with Crippen molar-refractivity contribution >= 4 is 5.71 Å². The number of nitrogens with two attached hydrogens (primary N) is 1. The van der Waals surface area contributed by atoms with E-state index in [0.717, 1.165) is 48.6 Å². The van der Waals surface area contributed by atoms with Crippen LogP contribution in [0.15, 0.2) is 17.8 Å². The highest BCUT2D eigenvalue weighted by molar-refractivity contribution is 5.85. The Morgan fingerprint density at radius 2 is 1.70 bits per heavy atom. The van der Waals surface area contributed by atoms with E-state index in [2.05, 4.69) is 46.5 Å². The first-order valence-electron chi connectivity index (χ1n) is 16.2. The van der Waals surface area contributed by atoms with Crippen LogP contribution in [0.1, 0.15) is 133 Å². The molecule has 0 spiro atoms. The molecule has 0 aromatic carbocycles. The first-order chi connectivity index (χ1) is 17.7. The number of hydrogen-bond acceptors (Lipinski definition) is 3. The van der Waals surface area contributed by atoms with Crippen LogP contribution in [-0.2, 0) is 0 Å². The molecule has 8 unspecified atom stereocenters. The second kappa shape index (κ2) is 15.7. The molecule has 0 aliphatic heterocycles. The summed E-state index contributed by atoms with van der Waals surface area (Å²) in [5.41, 5.74) is 7.58. The van der Waals surface area contributed by atoms with E-state index in [1.54, 1.807) is 12.6 Å². The molecule has 0 bridgehead atoms. The molecule has 4 aliphatic carbocycles. The molecule has 0 aromatic rings. The van der Waals surface area contributed by atoms with E-state index in [9.17, 15) is 0 Å². The first-order valence-corrected chi connectivity index (χ1v) is 16.2. The van der Waals surface area contributed by atoms with Crippen molar-refractivity contribution < 1.29 is 1.43 Å². The maximum Gasteiger partial charge on any atom is 0.0391 e. The van der Waals surface area contributed by atoms with Crippen molar-refractivity contribution in [2.45, 2.75) is 131 Å². The van der Waals surface area contributed by atoms with Gasteiger partial charge in [0.05, 0.1) is 0 Å². The smallest absolute Gasteiger partial charge is 0.0391 e. The predicted molar refractivity (Wildman–Crippen MR) is 167 cm³/mol. The fourth-order valence-corrected chi connectivity index (χ4v) is 9.25. The highest BCUT2D eigenvalue weighted by atomic mass is 14.8. The van der Waals surface area contributed by atoms with Gasteiger partial charge in [0.1, 0.15) is 0 Å². The molecular weight excluding hydrogens is 450 g/mol. The summed E-state index contributed by atoms with van der Waals surface area (Å²) in [6, 6.07) is 0. The molecule has 8 atom stereocenters. The lowest BCUT2D eigenvalue weighted by Gasteiger charge is -2.60. The van der Waals surface area contributed by atoms with Gasteiger partial charge in [0, 0.05) is 26.6 Å². The molecule has 3 nitrogen and oxygen atoms in total. The summed E-state index contributed by atoms with van der Waals surface area (Å²) in [5, 5.41) is 2.69. The molecule has 0 saturated heterocycles. The Labute approximate surface area is 233 Å². The van der Waals surface area contributed by atoms with Gasteiger partial charge in [-0.2, -0.15) is 0 Å². The minimum Gasteiger partial charge on any atom is -0.394 e. The lowest BCUT2D eigenvalue weighted by Crippen LogP contribution is -2.53. The first kappa shape index (κ1) is 32.4. The topological polar surface area (TPSA) is 50.4 Å². The van der Waals surface area contributed by atoms with Gasteiger partial charge in [-0.3, -0.25) is 4.99 Å². The van der Waals surface area contributed by atoms with E-state index in [1.165, 1.54) is 89.2 Å². The number of rotatable bonds is 8. The molecule has 3 N–H and O–H groups in total. The average Bonchev–Trinajstić information content (AvgIpc) is 3.25. The Balaban J connectivity index is 0.000000811. The molecule has 0 heterocycles. The number of nitrogens with zero attached hydrogens (tertiary/aromatic N) is 1. The van der Waals surface area contributed by atoms with Crippen molar-refractivity contribution in [2.24, 2.45) is 57.1 Å². The molecule has 0 aromatic heterocycles. The number of hydrogen-bond donors (Lipinski definition) is 2. The molecule has 218 valence electrons. The maximum atomic E-state index is 5.19. The Morgan fingerprint density at radius 3 is 2.35 bits per heavy atom. The van der Waals surface area contributed by atoms with E-state index in [-0.39, 0.29) is 1.43 Å². The van der Waals surface area contributed by atoms with Crippen molar-refractivity contribution in [1.29, 1.82) is 0 Å². The van der Waals surface area contributed by atoms with Gasteiger partial charge in [-0.05, 0) is 118 Å².